The monoisotopic (exact) mass is 1450 g/mol. The fraction of sp³-hybridized carbons (Fsp3) is 0.492. The van der Waals surface area contributed by atoms with Gasteiger partial charge >= 0.3 is 17.9 Å². The number of carbonyl (C=O) groups excluding carboxylic acids is 2. The van der Waals surface area contributed by atoms with Crippen molar-refractivity contribution in [2.75, 3.05) is 118 Å². The van der Waals surface area contributed by atoms with E-state index in [9.17, 15) is 73.7 Å². The van der Waals surface area contributed by atoms with Crippen LogP contribution in [-0.4, -0.2) is 251 Å². The van der Waals surface area contributed by atoms with Gasteiger partial charge in [0.05, 0.1) is 55.4 Å². The van der Waals surface area contributed by atoms with Gasteiger partial charge in [0.15, 0.2) is 9.84 Å². The van der Waals surface area contributed by atoms with Crippen LogP contribution in [0.15, 0.2) is 88.6 Å². The van der Waals surface area contributed by atoms with Gasteiger partial charge < -0.3 is 39.7 Å². The summed E-state index contributed by atoms with van der Waals surface area (Å²) in [7, 11) is -12.7. The Morgan fingerprint density at radius 2 is 1.30 bits per heavy atom. The molecule has 0 radical (unpaired) electrons. The second-order valence-corrected chi connectivity index (χ2v) is 29.7. The lowest BCUT2D eigenvalue weighted by atomic mass is 9.92. The van der Waals surface area contributed by atoms with Crippen molar-refractivity contribution in [3.05, 3.63) is 111 Å². The van der Waals surface area contributed by atoms with Gasteiger partial charge in [0.1, 0.15) is 42.8 Å². The largest absolute Gasteiger partial charge is 0.488 e. The number of nitrogens with one attached hydrogen (secondary N) is 1. The predicted octanol–water partition coefficient (Wildman–Crippen LogP) is 3.04. The summed E-state index contributed by atoms with van der Waals surface area (Å²) in [5.74, 6) is -2.59. The van der Waals surface area contributed by atoms with E-state index in [1.54, 1.807) is 19.4 Å². The molecule has 0 spiro atoms. The average Bonchev–Trinajstić information content (AvgIpc) is 0.995. The molecule has 94 heavy (non-hydrogen) atoms. The molecular formula is C59H77BrClN11O19S3. The molecule has 3 aromatic carbocycles. The highest BCUT2D eigenvalue weighted by atomic mass is 79.9. The third kappa shape index (κ3) is 24.0. The lowest BCUT2D eigenvalue weighted by Gasteiger charge is -2.35. The van der Waals surface area contributed by atoms with Crippen molar-refractivity contribution in [2.24, 2.45) is 5.92 Å². The number of piperidine rings is 1. The molecule has 2 saturated heterocycles. The van der Waals surface area contributed by atoms with Crippen LogP contribution in [0, 0.1) is 5.92 Å². The maximum absolute atomic E-state index is 13.7. The summed E-state index contributed by atoms with van der Waals surface area (Å²) in [5.41, 5.74) is 3.83. The van der Waals surface area contributed by atoms with Crippen LogP contribution in [0.5, 0.6) is 17.2 Å². The molecule has 4 heterocycles. The Morgan fingerprint density at radius 1 is 0.713 bits per heavy atom. The molecule has 30 nitrogen and oxygen atoms in total. The molecule has 2 aromatic heterocycles. The van der Waals surface area contributed by atoms with E-state index < -0.39 is 71.6 Å². The lowest BCUT2D eigenvalue weighted by Crippen LogP contribution is -2.50. The number of ether oxygens (including phenoxy) is 3. The summed E-state index contributed by atoms with van der Waals surface area (Å²) < 4.78 is 108. The highest BCUT2D eigenvalue weighted by Crippen LogP contribution is 2.37. The van der Waals surface area contributed by atoms with E-state index in [1.165, 1.54) is 42.5 Å². The smallest absolute Gasteiger partial charge is 0.317 e. The number of aromatic nitrogens is 4. The van der Waals surface area contributed by atoms with E-state index in [0.29, 0.717) is 91.9 Å². The predicted molar refractivity (Wildman–Crippen MR) is 345 cm³/mol. The number of halogens is 2. The second-order valence-electron chi connectivity index (χ2n) is 23.0. The van der Waals surface area contributed by atoms with Crippen LogP contribution in [-0.2, 0) is 87.0 Å². The summed E-state index contributed by atoms with van der Waals surface area (Å²) >= 11 is 10.6. The Kier molecular flexibility index (Phi) is 27.4. The molecule has 2 amide bonds. The number of carboxylic acid groups (broad SMARTS) is 3. The van der Waals surface area contributed by atoms with Gasteiger partial charge in [0.25, 0.3) is 20.2 Å². The molecule has 5 aromatic rings. The molecule has 0 bridgehead atoms. The normalized spacial score (nSPS) is 15.7. The van der Waals surface area contributed by atoms with Gasteiger partial charge in [-0.15, -0.1) is 5.10 Å². The Morgan fingerprint density at radius 3 is 1.88 bits per heavy atom. The number of aliphatic carboxylic acids is 3. The van der Waals surface area contributed by atoms with Crippen LogP contribution in [0.2, 0.25) is 5.02 Å². The van der Waals surface area contributed by atoms with Crippen molar-refractivity contribution in [3.63, 3.8) is 0 Å². The summed E-state index contributed by atoms with van der Waals surface area (Å²) in [6.07, 6.45) is 8.95. The van der Waals surface area contributed by atoms with Crippen LogP contribution in [0.4, 0.5) is 0 Å². The van der Waals surface area contributed by atoms with Gasteiger partial charge in [-0.25, -0.2) is 8.42 Å². The first-order valence-electron chi connectivity index (χ1n) is 29.8. The fourth-order valence-electron chi connectivity index (χ4n) is 10.6. The maximum Gasteiger partial charge on any atom is 0.317 e. The molecule has 2 aliphatic heterocycles. The quantitative estimate of drug-likeness (QED) is 0.0347. The minimum absolute atomic E-state index is 0.00934. The molecule has 7 rings (SSSR count). The van der Waals surface area contributed by atoms with Gasteiger partial charge in [0.2, 0.25) is 16.4 Å². The van der Waals surface area contributed by atoms with Gasteiger partial charge in [-0.3, -0.25) is 67.2 Å². The lowest BCUT2D eigenvalue weighted by molar-refractivity contribution is -0.141. The number of aryl methyl sites for hydroxylation is 1. The number of benzene rings is 3. The third-order valence-electron chi connectivity index (χ3n) is 15.6. The molecule has 0 aliphatic carbocycles. The van der Waals surface area contributed by atoms with Gasteiger partial charge in [-0.05, 0) is 90.0 Å². The number of hydrogen-bond donors (Lipinski definition) is 6. The Bertz CT molecular complexity index is 3750. The molecule has 0 saturated carbocycles. The minimum atomic E-state index is -5.30. The van der Waals surface area contributed by atoms with E-state index in [4.69, 9.17) is 25.8 Å². The summed E-state index contributed by atoms with van der Waals surface area (Å²) in [6.45, 7) is 2.12. The third-order valence-corrected chi connectivity index (χ3v) is 21.0. The Labute approximate surface area is 558 Å². The molecule has 2 aliphatic rings. The van der Waals surface area contributed by atoms with Crippen molar-refractivity contribution in [1.82, 2.24) is 54.7 Å². The molecule has 514 valence electrons. The number of carboxylic acids is 3. The van der Waals surface area contributed by atoms with E-state index in [2.05, 4.69) is 36.5 Å². The van der Waals surface area contributed by atoms with Crippen molar-refractivity contribution in [2.45, 2.75) is 68.1 Å². The maximum atomic E-state index is 13.7. The highest BCUT2D eigenvalue weighted by Gasteiger charge is 2.36. The molecule has 2 fully saturated rings. The number of amides is 2. The van der Waals surface area contributed by atoms with Crippen molar-refractivity contribution < 1.29 is 87.9 Å². The van der Waals surface area contributed by atoms with Crippen LogP contribution in [0.25, 0.3) is 11.1 Å². The molecule has 35 heteroatoms. The number of hydrogen-bond acceptors (Lipinski definition) is 22. The highest BCUT2D eigenvalue weighted by molar-refractivity contribution is 9.10. The zero-order valence-corrected chi connectivity index (χ0v) is 56.5. The average molecular weight is 1460 g/mol. The van der Waals surface area contributed by atoms with E-state index in [1.807, 2.05) is 58.5 Å². The summed E-state index contributed by atoms with van der Waals surface area (Å²) in [4.78, 5) is 75.9. The SMILES string of the molecule is CN(CC(=O)NCC(S(=O)(=O)O)S(=O)(=O)O)Cc1cc(Cl)c(OCc2cccc(-c3cccc(OCc4cn(CCCC5CCN(C(=O)CN6CCN(CC(=O)O)CCN(CC(=O)O)CCN(CC(=O)O)CC6)CC5)nn4)c3)c2Br)cc1OCc1cncc(S(C)(=O)=O)c1. The zero-order chi connectivity index (χ0) is 68.3. The fourth-order valence-corrected chi connectivity index (χ4v) is 13.9. The molecule has 0 atom stereocenters. The Balaban J connectivity index is 0.901. The van der Waals surface area contributed by atoms with Gasteiger partial charge in [-0.2, -0.15) is 16.8 Å². The van der Waals surface area contributed by atoms with Crippen LogP contribution in [0.1, 0.15) is 48.1 Å². The van der Waals surface area contributed by atoms with Crippen molar-refractivity contribution >= 4 is 87.3 Å². The number of rotatable bonds is 31. The van der Waals surface area contributed by atoms with E-state index >= 15 is 0 Å². The number of pyridine rings is 1. The summed E-state index contributed by atoms with van der Waals surface area (Å²) in [6, 6.07) is 17.6. The van der Waals surface area contributed by atoms with Gasteiger partial charge in [-0.1, -0.05) is 47.1 Å². The van der Waals surface area contributed by atoms with Crippen LogP contribution >= 0.6 is 27.5 Å². The first kappa shape index (κ1) is 74.4. The number of sulfone groups is 1. The minimum Gasteiger partial charge on any atom is -0.488 e. The van der Waals surface area contributed by atoms with Gasteiger partial charge in [0, 0.05) is 124 Å². The number of likely N-dealkylation sites (tertiary alicyclic amines) is 1. The van der Waals surface area contributed by atoms with Crippen molar-refractivity contribution in [3.8, 4) is 28.4 Å². The number of carbonyl (C=O) groups is 5. The number of likely N-dealkylation sites (N-methyl/N-ethyl adjacent to an activating group) is 1. The second kappa shape index (κ2) is 34.6. The van der Waals surface area contributed by atoms with Crippen LogP contribution in [0.3, 0.4) is 0 Å². The topological polar surface area (TPSA) is 392 Å². The zero-order valence-electron chi connectivity index (χ0n) is 51.7. The number of nitrogens with zero attached hydrogens (tertiary/aromatic N) is 10. The standard InChI is InChI=1S/C59H77BrClN11O19S3/c1-66(33-53(73)63-30-58(93(83,84)85)94(86,87)88)31-45-26-50(61)52(27-51(45)90-38-42-24-48(29-62-28-42)92(2,81)82)91-39-44-8-4-10-49(59(44)60)43-7-3-9-47(25-43)89-40-46-32-72(65-64-46)13-5-6-41-11-14-71(15-12-41)54(74)34-67-16-18-68(35-55(75)76)20-22-70(37-57(79)80)23-21-69(19-17-67)36-56(77)78/h3-4,7-10,24-29,32,41,58H,5-6,11-23,30-31,33-40H2,1-2H3,(H,63,73)(H,75,76)(H,77,78)(H,79,80)(H,83,84,85)(H,86,87,88). The molecule has 0 unspecified atom stereocenters. The van der Waals surface area contributed by atoms with E-state index in [-0.39, 0.29) is 93.0 Å². The summed E-state index contributed by atoms with van der Waals surface area (Å²) in [5, 5.41) is 39.5. The first-order chi connectivity index (χ1) is 44.4. The van der Waals surface area contributed by atoms with Crippen LogP contribution < -0.4 is 19.5 Å². The Hall–Kier alpha value is -6.96. The first-order valence-corrected chi connectivity index (χ1v) is 35.8. The molecule has 6 N–H and O–H groups in total. The van der Waals surface area contributed by atoms with Crippen molar-refractivity contribution in [1.29, 1.82) is 0 Å². The van der Waals surface area contributed by atoms with E-state index in [0.717, 1.165) is 48.6 Å². The molecular weight excluding hydrogens is 1380 g/mol.